The van der Waals surface area contributed by atoms with Gasteiger partial charge in [-0.05, 0) is 118 Å². The molecule has 2 heterocycles. The average Bonchev–Trinajstić information content (AvgIpc) is 3.38. The summed E-state index contributed by atoms with van der Waals surface area (Å²) >= 11 is 0. The largest absolute Gasteiger partial charge is 0.255 e. The molecule has 0 saturated heterocycles. The molecular weight excluding hydrogens is 593 g/mol. The quantitative estimate of drug-likeness (QED) is 0.183. The van der Waals surface area contributed by atoms with E-state index in [9.17, 15) is 0 Å². The Morgan fingerprint density at radius 1 is 0.408 bits per heavy atom. The highest BCUT2D eigenvalue weighted by Crippen LogP contribution is 2.54. The van der Waals surface area contributed by atoms with Gasteiger partial charge in [-0.25, -0.2) is 0 Å². The van der Waals surface area contributed by atoms with Gasteiger partial charge in [0.05, 0.1) is 11.4 Å². The third-order valence-corrected chi connectivity index (χ3v) is 10.7. The van der Waals surface area contributed by atoms with Crippen LogP contribution in [0, 0.1) is 0 Å². The minimum Gasteiger partial charge on any atom is -0.255 e. The fourth-order valence-corrected chi connectivity index (χ4v) is 8.44. The number of hydrogen-bond donors (Lipinski definition) is 0. The summed E-state index contributed by atoms with van der Waals surface area (Å²) in [6.07, 6.45) is 3.85. The zero-order chi connectivity index (χ0) is 32.7. The van der Waals surface area contributed by atoms with Gasteiger partial charge in [-0.1, -0.05) is 123 Å². The van der Waals surface area contributed by atoms with Crippen molar-refractivity contribution in [2.75, 3.05) is 0 Å². The smallest absolute Gasteiger partial charge is 0.0886 e. The molecule has 2 aromatic heterocycles. The van der Waals surface area contributed by atoms with Gasteiger partial charge in [0.15, 0.2) is 0 Å². The summed E-state index contributed by atoms with van der Waals surface area (Å²) in [5.41, 5.74) is 11.9. The number of fused-ring (bicyclic) bond motifs is 7. The fourth-order valence-electron chi connectivity index (χ4n) is 8.44. The van der Waals surface area contributed by atoms with Gasteiger partial charge in [0.2, 0.25) is 0 Å². The number of rotatable bonds is 3. The van der Waals surface area contributed by atoms with Crippen molar-refractivity contribution < 1.29 is 0 Å². The van der Waals surface area contributed by atoms with Crippen LogP contribution in [0.5, 0.6) is 0 Å². The Morgan fingerprint density at radius 3 is 1.69 bits per heavy atom. The molecule has 0 saturated carbocycles. The van der Waals surface area contributed by atoms with E-state index in [1.54, 1.807) is 0 Å². The molecule has 0 aliphatic heterocycles. The van der Waals surface area contributed by atoms with Gasteiger partial charge in [-0.15, -0.1) is 0 Å². The van der Waals surface area contributed by atoms with Crippen molar-refractivity contribution in [2.45, 2.75) is 19.3 Å². The molecule has 1 aliphatic rings. The van der Waals surface area contributed by atoms with Crippen molar-refractivity contribution in [2.24, 2.45) is 0 Å². The Hall–Kier alpha value is -6.12. The van der Waals surface area contributed by atoms with E-state index in [-0.39, 0.29) is 5.41 Å². The molecule has 2 nitrogen and oxygen atoms in total. The van der Waals surface area contributed by atoms with Crippen molar-refractivity contribution >= 4 is 43.1 Å². The molecule has 0 amide bonds. The van der Waals surface area contributed by atoms with Gasteiger partial charge in [-0.3, -0.25) is 9.97 Å². The molecule has 0 fully saturated rings. The number of benzene rings is 7. The monoisotopic (exact) mass is 624 g/mol. The standard InChI is InChI=1S/C47H32N2/c1-47(2)40-20-10-9-17-34(40)37-26-38-39(27-41(37)47)46(45-32-15-5-3-13-29(32)25-30-14-4-6-16-33(30)45)36-19-8-7-18-35(36)44(38)31-22-23-43(49-28-31)42-21-11-12-24-48-42/h3-28H,1-2H3. The van der Waals surface area contributed by atoms with E-state index in [0.29, 0.717) is 0 Å². The molecule has 0 unspecified atom stereocenters. The van der Waals surface area contributed by atoms with Crippen molar-refractivity contribution in [3.8, 4) is 44.8 Å². The van der Waals surface area contributed by atoms with E-state index in [0.717, 1.165) is 17.0 Å². The lowest BCUT2D eigenvalue weighted by molar-refractivity contribution is 0.661. The minimum absolute atomic E-state index is 0.129. The summed E-state index contributed by atoms with van der Waals surface area (Å²) < 4.78 is 0. The normalized spacial score (nSPS) is 13.3. The second kappa shape index (κ2) is 10.4. The topological polar surface area (TPSA) is 25.8 Å². The van der Waals surface area contributed by atoms with Crippen LogP contribution in [0.15, 0.2) is 158 Å². The lowest BCUT2D eigenvalue weighted by atomic mass is 9.79. The predicted octanol–water partition coefficient (Wildman–Crippen LogP) is 12.4. The van der Waals surface area contributed by atoms with Crippen LogP contribution in [0.2, 0.25) is 0 Å². The maximum atomic E-state index is 4.97. The molecule has 0 N–H and O–H groups in total. The summed E-state index contributed by atoms with van der Waals surface area (Å²) in [6.45, 7) is 4.75. The third kappa shape index (κ3) is 4.07. The molecule has 10 rings (SSSR count). The van der Waals surface area contributed by atoms with Crippen molar-refractivity contribution in [1.29, 1.82) is 0 Å². The van der Waals surface area contributed by atoms with E-state index in [1.165, 1.54) is 82.0 Å². The summed E-state index contributed by atoms with van der Waals surface area (Å²) in [7, 11) is 0. The SMILES string of the molecule is CC1(C)c2ccccc2-c2cc3c(-c4ccc(-c5ccccn5)nc4)c4ccccc4c(-c4c5ccccc5cc5ccccc45)c3cc21. The second-order valence-corrected chi connectivity index (χ2v) is 13.8. The molecule has 9 aromatic rings. The van der Waals surface area contributed by atoms with Gasteiger partial charge < -0.3 is 0 Å². The highest BCUT2D eigenvalue weighted by molar-refractivity contribution is 6.28. The fraction of sp³-hybridized carbons (Fsp3) is 0.0638. The van der Waals surface area contributed by atoms with Crippen molar-refractivity contribution in [3.05, 3.63) is 169 Å². The molecule has 0 bridgehead atoms. The first-order valence-electron chi connectivity index (χ1n) is 17.0. The Balaban J connectivity index is 1.39. The predicted molar refractivity (Wildman–Crippen MR) is 206 cm³/mol. The van der Waals surface area contributed by atoms with Crippen molar-refractivity contribution in [1.82, 2.24) is 9.97 Å². The molecule has 230 valence electrons. The maximum absolute atomic E-state index is 4.97. The highest BCUT2D eigenvalue weighted by Gasteiger charge is 2.36. The van der Waals surface area contributed by atoms with E-state index in [2.05, 4.69) is 146 Å². The van der Waals surface area contributed by atoms with Crippen LogP contribution < -0.4 is 0 Å². The lowest BCUT2D eigenvalue weighted by Gasteiger charge is -2.24. The van der Waals surface area contributed by atoms with E-state index in [4.69, 9.17) is 4.98 Å². The highest BCUT2D eigenvalue weighted by atomic mass is 14.8. The molecule has 0 spiro atoms. The number of aromatic nitrogens is 2. The van der Waals surface area contributed by atoms with Crippen LogP contribution in [0.3, 0.4) is 0 Å². The number of hydrogen-bond acceptors (Lipinski definition) is 2. The number of nitrogens with zero attached hydrogens (tertiary/aromatic N) is 2. The molecule has 49 heavy (non-hydrogen) atoms. The van der Waals surface area contributed by atoms with Gasteiger partial charge in [0, 0.05) is 23.4 Å². The van der Waals surface area contributed by atoms with E-state index >= 15 is 0 Å². The molecule has 0 atom stereocenters. The third-order valence-electron chi connectivity index (χ3n) is 10.7. The van der Waals surface area contributed by atoms with Crippen LogP contribution >= 0.6 is 0 Å². The average molecular weight is 625 g/mol. The minimum atomic E-state index is -0.129. The van der Waals surface area contributed by atoms with Gasteiger partial charge >= 0.3 is 0 Å². The molecule has 2 heteroatoms. The van der Waals surface area contributed by atoms with E-state index in [1.807, 2.05) is 30.6 Å². The van der Waals surface area contributed by atoms with Crippen LogP contribution in [-0.2, 0) is 5.41 Å². The Morgan fingerprint density at radius 2 is 1.00 bits per heavy atom. The van der Waals surface area contributed by atoms with Gasteiger partial charge in [0.25, 0.3) is 0 Å². The number of pyridine rings is 2. The first-order valence-corrected chi connectivity index (χ1v) is 17.0. The van der Waals surface area contributed by atoms with Crippen molar-refractivity contribution in [3.63, 3.8) is 0 Å². The first kappa shape index (κ1) is 27.9. The zero-order valence-corrected chi connectivity index (χ0v) is 27.4. The second-order valence-electron chi connectivity index (χ2n) is 13.8. The van der Waals surface area contributed by atoms with Crippen LogP contribution in [-0.4, -0.2) is 9.97 Å². The molecular formula is C47H32N2. The summed E-state index contributed by atoms with van der Waals surface area (Å²) in [6, 6.07) is 53.2. The first-order chi connectivity index (χ1) is 24.1. The van der Waals surface area contributed by atoms with Crippen LogP contribution in [0.4, 0.5) is 0 Å². The summed E-state index contributed by atoms with van der Waals surface area (Å²) in [5.74, 6) is 0. The zero-order valence-electron chi connectivity index (χ0n) is 27.4. The Bertz CT molecular complexity index is 2720. The van der Waals surface area contributed by atoms with Crippen LogP contribution in [0.25, 0.3) is 87.9 Å². The summed E-state index contributed by atoms with van der Waals surface area (Å²) in [5, 5.41) is 10.0. The van der Waals surface area contributed by atoms with E-state index < -0.39 is 0 Å². The summed E-state index contributed by atoms with van der Waals surface area (Å²) in [4.78, 5) is 9.53. The molecule has 1 aliphatic carbocycles. The Kier molecular flexibility index (Phi) is 5.95. The maximum Gasteiger partial charge on any atom is 0.0886 e. The Labute approximate surface area is 285 Å². The van der Waals surface area contributed by atoms with Gasteiger partial charge in [-0.2, -0.15) is 0 Å². The lowest BCUT2D eigenvalue weighted by Crippen LogP contribution is -2.14. The van der Waals surface area contributed by atoms with Crippen LogP contribution in [0.1, 0.15) is 25.0 Å². The molecule has 0 radical (unpaired) electrons. The van der Waals surface area contributed by atoms with Gasteiger partial charge in [0.1, 0.15) is 0 Å². The molecule has 7 aromatic carbocycles.